The molecule has 1 aromatic heterocycles. The molecule has 0 amide bonds. The van der Waals surface area contributed by atoms with E-state index in [1.165, 1.54) is 5.56 Å². The second-order valence-electron chi connectivity index (χ2n) is 5.09. The quantitative estimate of drug-likeness (QED) is 0.817. The molecular formula is C15H19F2NO. The molecule has 0 bridgehead atoms. The van der Waals surface area contributed by atoms with E-state index in [-0.39, 0.29) is 5.75 Å². The van der Waals surface area contributed by atoms with Gasteiger partial charge in [0.2, 0.25) is 0 Å². The Kier molecular flexibility index (Phi) is 4.08. The molecule has 2 aromatic rings. The van der Waals surface area contributed by atoms with Crippen molar-refractivity contribution in [3.8, 4) is 5.75 Å². The van der Waals surface area contributed by atoms with Crippen LogP contribution < -0.4 is 4.74 Å². The van der Waals surface area contributed by atoms with Gasteiger partial charge in [0.05, 0.1) is 0 Å². The number of hydrogen-bond donors (Lipinski definition) is 1. The molecule has 0 radical (unpaired) electrons. The summed E-state index contributed by atoms with van der Waals surface area (Å²) in [5.41, 5.74) is 2.13. The van der Waals surface area contributed by atoms with Crippen molar-refractivity contribution in [3.63, 3.8) is 0 Å². The van der Waals surface area contributed by atoms with Crippen molar-refractivity contribution in [3.05, 3.63) is 30.0 Å². The molecule has 4 heteroatoms. The fourth-order valence-electron chi connectivity index (χ4n) is 2.65. The molecule has 0 fully saturated rings. The summed E-state index contributed by atoms with van der Waals surface area (Å²) in [5.74, 6) is 1.13. The fourth-order valence-corrected chi connectivity index (χ4v) is 2.65. The summed E-state index contributed by atoms with van der Waals surface area (Å²) in [6.07, 6.45) is 3.00. The van der Waals surface area contributed by atoms with Crippen LogP contribution in [0.5, 0.6) is 5.75 Å². The van der Waals surface area contributed by atoms with Crippen molar-refractivity contribution in [2.24, 2.45) is 5.92 Å². The van der Waals surface area contributed by atoms with Gasteiger partial charge in [-0.05, 0) is 42.0 Å². The molecule has 0 aliphatic rings. The normalized spacial score (nSPS) is 13.4. The molecule has 1 N–H and O–H groups in total. The van der Waals surface area contributed by atoms with Crippen molar-refractivity contribution in [1.82, 2.24) is 4.98 Å². The Morgan fingerprint density at radius 3 is 2.58 bits per heavy atom. The third kappa shape index (κ3) is 2.88. The first kappa shape index (κ1) is 13.8. The van der Waals surface area contributed by atoms with Crippen LogP contribution in [-0.4, -0.2) is 11.6 Å². The van der Waals surface area contributed by atoms with Crippen LogP contribution in [0.15, 0.2) is 24.4 Å². The van der Waals surface area contributed by atoms with Crippen LogP contribution in [0.4, 0.5) is 8.78 Å². The molecule has 0 saturated heterocycles. The number of nitrogens with one attached hydrogen (secondary N) is 1. The lowest BCUT2D eigenvalue weighted by molar-refractivity contribution is -0.0497. The van der Waals surface area contributed by atoms with Crippen LogP contribution in [0, 0.1) is 5.92 Å². The predicted molar refractivity (Wildman–Crippen MR) is 72.8 cm³/mol. The lowest BCUT2D eigenvalue weighted by Gasteiger charge is -2.18. The summed E-state index contributed by atoms with van der Waals surface area (Å²) in [6, 6.07) is 5.03. The molecule has 0 saturated carbocycles. The molecule has 1 aromatic carbocycles. The van der Waals surface area contributed by atoms with E-state index in [2.05, 4.69) is 30.5 Å². The molecule has 0 aliphatic carbocycles. The van der Waals surface area contributed by atoms with E-state index >= 15 is 0 Å². The van der Waals surface area contributed by atoms with Crippen LogP contribution in [0.2, 0.25) is 0 Å². The minimum absolute atomic E-state index is 0.210. The molecule has 0 spiro atoms. The SMILES string of the molecule is CCC(c1c[nH]c2ccc(OC(F)F)cc12)C(C)C. The Bertz CT molecular complexity index is 548. The number of aromatic nitrogens is 1. The van der Waals surface area contributed by atoms with E-state index < -0.39 is 6.61 Å². The van der Waals surface area contributed by atoms with Crippen molar-refractivity contribution in [1.29, 1.82) is 0 Å². The molecule has 2 nitrogen and oxygen atoms in total. The van der Waals surface area contributed by atoms with Crippen LogP contribution in [0.3, 0.4) is 0 Å². The lowest BCUT2D eigenvalue weighted by atomic mass is 9.86. The van der Waals surface area contributed by atoms with E-state index in [1.54, 1.807) is 18.2 Å². The van der Waals surface area contributed by atoms with E-state index in [0.717, 1.165) is 17.3 Å². The number of H-pyrrole nitrogens is 1. The Hall–Kier alpha value is -1.58. The number of halogens is 2. The van der Waals surface area contributed by atoms with Gasteiger partial charge in [0.15, 0.2) is 0 Å². The Morgan fingerprint density at radius 2 is 2.00 bits per heavy atom. The van der Waals surface area contributed by atoms with Gasteiger partial charge >= 0.3 is 6.61 Å². The highest BCUT2D eigenvalue weighted by atomic mass is 19.3. The standard InChI is InChI=1S/C15H19F2NO/c1-4-11(9(2)3)13-8-18-14-6-5-10(7-12(13)14)19-15(16)17/h5-9,11,15,18H,4H2,1-3H3. The molecular weight excluding hydrogens is 248 g/mol. The summed E-state index contributed by atoms with van der Waals surface area (Å²) < 4.78 is 29.0. The third-order valence-corrected chi connectivity index (χ3v) is 3.55. The average molecular weight is 267 g/mol. The number of hydrogen-bond acceptors (Lipinski definition) is 1. The van der Waals surface area contributed by atoms with Gasteiger partial charge in [-0.1, -0.05) is 20.8 Å². The van der Waals surface area contributed by atoms with Gasteiger partial charge in [-0.2, -0.15) is 8.78 Å². The largest absolute Gasteiger partial charge is 0.435 e. The van der Waals surface area contributed by atoms with Gasteiger partial charge < -0.3 is 9.72 Å². The third-order valence-electron chi connectivity index (χ3n) is 3.55. The van der Waals surface area contributed by atoms with Gasteiger partial charge in [-0.15, -0.1) is 0 Å². The Labute approximate surface area is 111 Å². The number of aromatic amines is 1. The zero-order valence-corrected chi connectivity index (χ0v) is 11.4. The maximum Gasteiger partial charge on any atom is 0.387 e. The summed E-state index contributed by atoms with van der Waals surface area (Å²) in [6.45, 7) is 3.70. The van der Waals surface area contributed by atoms with Crippen LogP contribution in [-0.2, 0) is 0 Å². The number of ether oxygens (including phenoxy) is 1. The van der Waals surface area contributed by atoms with Crippen LogP contribution >= 0.6 is 0 Å². The van der Waals surface area contributed by atoms with Crippen molar-refractivity contribution in [2.75, 3.05) is 0 Å². The molecule has 1 atom stereocenters. The second-order valence-corrected chi connectivity index (χ2v) is 5.09. The van der Waals surface area contributed by atoms with E-state index in [4.69, 9.17) is 0 Å². The number of fused-ring (bicyclic) bond motifs is 1. The summed E-state index contributed by atoms with van der Waals surface area (Å²) in [4.78, 5) is 3.20. The maximum absolute atomic E-state index is 12.3. The van der Waals surface area contributed by atoms with Crippen molar-refractivity contribution in [2.45, 2.75) is 39.7 Å². The fraction of sp³-hybridized carbons (Fsp3) is 0.467. The highest BCUT2D eigenvalue weighted by Gasteiger charge is 2.18. The van der Waals surface area contributed by atoms with Crippen molar-refractivity contribution < 1.29 is 13.5 Å². The monoisotopic (exact) mass is 267 g/mol. The molecule has 1 heterocycles. The molecule has 19 heavy (non-hydrogen) atoms. The highest BCUT2D eigenvalue weighted by Crippen LogP contribution is 2.34. The van der Waals surface area contributed by atoms with Gasteiger partial charge in [-0.25, -0.2) is 0 Å². The number of alkyl halides is 2. The van der Waals surface area contributed by atoms with Gasteiger partial charge in [0, 0.05) is 17.1 Å². The lowest BCUT2D eigenvalue weighted by Crippen LogP contribution is -2.05. The van der Waals surface area contributed by atoms with Crippen LogP contribution in [0.1, 0.15) is 38.7 Å². The Balaban J connectivity index is 2.44. The molecule has 104 valence electrons. The Morgan fingerprint density at radius 1 is 1.26 bits per heavy atom. The zero-order valence-electron chi connectivity index (χ0n) is 11.4. The smallest absolute Gasteiger partial charge is 0.387 e. The van der Waals surface area contributed by atoms with Gasteiger partial charge in [0.25, 0.3) is 0 Å². The number of rotatable bonds is 5. The van der Waals surface area contributed by atoms with E-state index in [1.807, 2.05) is 6.20 Å². The van der Waals surface area contributed by atoms with Gasteiger partial charge in [-0.3, -0.25) is 0 Å². The average Bonchev–Trinajstić information content (AvgIpc) is 2.72. The first-order valence-electron chi connectivity index (χ1n) is 6.58. The van der Waals surface area contributed by atoms with E-state index in [9.17, 15) is 8.78 Å². The summed E-state index contributed by atoms with van der Waals surface area (Å²) in [5, 5.41) is 0.971. The minimum atomic E-state index is -2.79. The summed E-state index contributed by atoms with van der Waals surface area (Å²) >= 11 is 0. The maximum atomic E-state index is 12.3. The van der Waals surface area contributed by atoms with Crippen LogP contribution in [0.25, 0.3) is 10.9 Å². The van der Waals surface area contributed by atoms with Crippen molar-refractivity contribution >= 4 is 10.9 Å². The second kappa shape index (κ2) is 5.59. The highest BCUT2D eigenvalue weighted by molar-refractivity contribution is 5.85. The zero-order chi connectivity index (χ0) is 14.0. The van der Waals surface area contributed by atoms with E-state index in [0.29, 0.717) is 11.8 Å². The topological polar surface area (TPSA) is 25.0 Å². The number of benzene rings is 1. The first-order chi connectivity index (χ1) is 9.02. The molecule has 1 unspecified atom stereocenters. The first-order valence-corrected chi connectivity index (χ1v) is 6.58. The predicted octanol–water partition coefficient (Wildman–Crippen LogP) is 4.92. The minimum Gasteiger partial charge on any atom is -0.435 e. The van der Waals surface area contributed by atoms with Gasteiger partial charge in [0.1, 0.15) is 5.75 Å². The molecule has 2 rings (SSSR count). The summed E-state index contributed by atoms with van der Waals surface area (Å²) in [7, 11) is 0. The molecule has 0 aliphatic heterocycles.